The monoisotopic (exact) mass is 208 g/mol. The molecule has 5 nitrogen and oxygen atoms in total. The highest BCUT2D eigenvalue weighted by Crippen LogP contribution is 2.08. The molecule has 1 aromatic heterocycles. The standard InChI is InChI=1S/C10H16N4O/c1-3-6-14(2)10(15)9-7-8(13-11)4-5-12-9/h4-5,7H,3,6,11H2,1-2H3,(H,12,13). The fraction of sp³-hybridized carbons (Fsp3) is 0.400. The summed E-state index contributed by atoms with van der Waals surface area (Å²) in [6.45, 7) is 2.75. The van der Waals surface area contributed by atoms with Crippen molar-refractivity contribution in [1.29, 1.82) is 0 Å². The smallest absolute Gasteiger partial charge is 0.272 e. The van der Waals surface area contributed by atoms with E-state index in [0.717, 1.165) is 13.0 Å². The van der Waals surface area contributed by atoms with Crippen molar-refractivity contribution in [3.05, 3.63) is 24.0 Å². The summed E-state index contributed by atoms with van der Waals surface area (Å²) in [5, 5.41) is 0. The van der Waals surface area contributed by atoms with Crippen LogP contribution in [0.2, 0.25) is 0 Å². The number of rotatable bonds is 4. The molecule has 0 aliphatic heterocycles. The van der Waals surface area contributed by atoms with Crippen LogP contribution in [0, 0.1) is 0 Å². The average molecular weight is 208 g/mol. The molecule has 1 rings (SSSR count). The molecule has 0 fully saturated rings. The van der Waals surface area contributed by atoms with E-state index in [4.69, 9.17) is 5.84 Å². The van der Waals surface area contributed by atoms with Gasteiger partial charge in [-0.25, -0.2) is 0 Å². The van der Waals surface area contributed by atoms with Gasteiger partial charge in [0.05, 0.1) is 5.69 Å². The van der Waals surface area contributed by atoms with E-state index in [0.29, 0.717) is 11.4 Å². The van der Waals surface area contributed by atoms with Crippen molar-refractivity contribution in [3.63, 3.8) is 0 Å². The minimum absolute atomic E-state index is 0.0889. The molecule has 0 aliphatic carbocycles. The average Bonchev–Trinajstić information content (AvgIpc) is 2.28. The Morgan fingerprint density at radius 3 is 3.00 bits per heavy atom. The van der Waals surface area contributed by atoms with Gasteiger partial charge in [-0.05, 0) is 18.6 Å². The van der Waals surface area contributed by atoms with Gasteiger partial charge < -0.3 is 10.3 Å². The van der Waals surface area contributed by atoms with E-state index >= 15 is 0 Å². The molecule has 1 heterocycles. The lowest BCUT2D eigenvalue weighted by Gasteiger charge is -2.15. The third-order valence-corrected chi connectivity index (χ3v) is 2.05. The van der Waals surface area contributed by atoms with Crippen LogP contribution in [0.4, 0.5) is 5.69 Å². The third-order valence-electron chi connectivity index (χ3n) is 2.05. The van der Waals surface area contributed by atoms with E-state index in [1.54, 1.807) is 30.3 Å². The number of nitrogen functional groups attached to an aromatic ring is 1. The van der Waals surface area contributed by atoms with Gasteiger partial charge >= 0.3 is 0 Å². The zero-order valence-electron chi connectivity index (χ0n) is 9.03. The summed E-state index contributed by atoms with van der Waals surface area (Å²) in [5.41, 5.74) is 3.57. The lowest BCUT2D eigenvalue weighted by atomic mass is 10.3. The van der Waals surface area contributed by atoms with Gasteiger partial charge in [-0.1, -0.05) is 6.92 Å². The number of pyridine rings is 1. The van der Waals surface area contributed by atoms with Crippen molar-refractivity contribution in [1.82, 2.24) is 9.88 Å². The van der Waals surface area contributed by atoms with Gasteiger partial charge in [0.1, 0.15) is 5.69 Å². The maximum absolute atomic E-state index is 11.8. The highest BCUT2D eigenvalue weighted by Gasteiger charge is 2.12. The number of nitrogens with one attached hydrogen (secondary N) is 1. The van der Waals surface area contributed by atoms with Crippen LogP contribution in [-0.4, -0.2) is 29.4 Å². The molecule has 0 saturated heterocycles. The van der Waals surface area contributed by atoms with E-state index in [1.165, 1.54) is 0 Å². The topological polar surface area (TPSA) is 71.2 Å². The van der Waals surface area contributed by atoms with Crippen molar-refractivity contribution in [2.24, 2.45) is 5.84 Å². The van der Waals surface area contributed by atoms with Crippen molar-refractivity contribution in [3.8, 4) is 0 Å². The summed E-state index contributed by atoms with van der Waals surface area (Å²) in [5.74, 6) is 5.16. The summed E-state index contributed by atoms with van der Waals surface area (Å²) in [7, 11) is 1.76. The molecule has 1 amide bonds. The largest absolute Gasteiger partial charge is 0.340 e. The van der Waals surface area contributed by atoms with Crippen LogP contribution in [0.5, 0.6) is 0 Å². The van der Waals surface area contributed by atoms with Crippen LogP contribution in [0.1, 0.15) is 23.8 Å². The van der Waals surface area contributed by atoms with Gasteiger partial charge in [-0.15, -0.1) is 0 Å². The van der Waals surface area contributed by atoms with Crippen LogP contribution in [0.15, 0.2) is 18.3 Å². The Kier molecular flexibility index (Phi) is 4.05. The molecule has 0 saturated carbocycles. The highest BCUT2D eigenvalue weighted by atomic mass is 16.2. The molecule has 1 aromatic rings. The van der Waals surface area contributed by atoms with E-state index in [9.17, 15) is 4.79 Å². The van der Waals surface area contributed by atoms with Crippen LogP contribution in [-0.2, 0) is 0 Å². The molecular weight excluding hydrogens is 192 g/mol. The molecule has 0 atom stereocenters. The SMILES string of the molecule is CCCN(C)C(=O)c1cc(NN)ccn1. The zero-order valence-corrected chi connectivity index (χ0v) is 9.03. The Bertz CT molecular complexity index is 340. The maximum atomic E-state index is 11.8. The van der Waals surface area contributed by atoms with Crippen molar-refractivity contribution >= 4 is 11.6 Å². The van der Waals surface area contributed by atoms with Gasteiger partial charge in [0, 0.05) is 19.8 Å². The summed E-state index contributed by atoms with van der Waals surface area (Å²) in [6, 6.07) is 3.34. The van der Waals surface area contributed by atoms with Gasteiger partial charge in [0.25, 0.3) is 5.91 Å². The quantitative estimate of drug-likeness (QED) is 0.568. The fourth-order valence-electron chi connectivity index (χ4n) is 1.27. The Labute approximate surface area is 89.3 Å². The van der Waals surface area contributed by atoms with Crippen LogP contribution in [0.3, 0.4) is 0 Å². The number of carbonyl (C=O) groups excluding carboxylic acids is 1. The molecule has 0 aromatic carbocycles. The lowest BCUT2D eigenvalue weighted by Crippen LogP contribution is -2.28. The molecule has 15 heavy (non-hydrogen) atoms. The highest BCUT2D eigenvalue weighted by molar-refractivity contribution is 5.92. The second kappa shape index (κ2) is 5.31. The first kappa shape index (κ1) is 11.5. The molecule has 5 heteroatoms. The molecule has 3 N–H and O–H groups in total. The first-order chi connectivity index (χ1) is 7.19. The minimum atomic E-state index is -0.0889. The fourth-order valence-corrected chi connectivity index (χ4v) is 1.27. The van der Waals surface area contributed by atoms with Gasteiger partial charge in [0.15, 0.2) is 0 Å². The molecule has 0 bridgehead atoms. The Morgan fingerprint density at radius 1 is 1.67 bits per heavy atom. The van der Waals surface area contributed by atoms with E-state index in [1.807, 2.05) is 6.92 Å². The molecule has 0 unspecified atom stereocenters. The Morgan fingerprint density at radius 2 is 2.40 bits per heavy atom. The van der Waals surface area contributed by atoms with E-state index in [-0.39, 0.29) is 5.91 Å². The lowest BCUT2D eigenvalue weighted by molar-refractivity contribution is 0.0789. The number of hydrazine groups is 1. The van der Waals surface area contributed by atoms with Gasteiger partial charge in [-0.2, -0.15) is 0 Å². The number of nitrogens with zero attached hydrogens (tertiary/aromatic N) is 2. The number of aromatic nitrogens is 1. The third kappa shape index (κ3) is 2.92. The zero-order chi connectivity index (χ0) is 11.3. The molecule has 0 radical (unpaired) electrons. The number of amides is 1. The predicted molar refractivity (Wildman–Crippen MR) is 59.3 cm³/mol. The van der Waals surface area contributed by atoms with Crippen molar-refractivity contribution in [2.75, 3.05) is 19.0 Å². The number of anilines is 1. The molecule has 0 aliphatic rings. The molecular formula is C10H16N4O. The van der Waals surface area contributed by atoms with Gasteiger partial charge in [0.2, 0.25) is 0 Å². The normalized spacial score (nSPS) is 9.80. The van der Waals surface area contributed by atoms with Crippen LogP contribution >= 0.6 is 0 Å². The second-order valence-electron chi connectivity index (χ2n) is 3.30. The first-order valence-corrected chi connectivity index (χ1v) is 4.87. The van der Waals surface area contributed by atoms with E-state index < -0.39 is 0 Å². The Balaban J connectivity index is 2.81. The summed E-state index contributed by atoms with van der Waals surface area (Å²) in [4.78, 5) is 17.4. The van der Waals surface area contributed by atoms with Crippen LogP contribution in [0.25, 0.3) is 0 Å². The van der Waals surface area contributed by atoms with E-state index in [2.05, 4.69) is 10.4 Å². The summed E-state index contributed by atoms with van der Waals surface area (Å²) in [6.07, 6.45) is 2.49. The number of nitrogens with two attached hydrogens (primary N) is 1. The molecule has 0 spiro atoms. The predicted octanol–water partition coefficient (Wildman–Crippen LogP) is 0.849. The summed E-state index contributed by atoms with van der Waals surface area (Å²) < 4.78 is 0. The second-order valence-corrected chi connectivity index (χ2v) is 3.30. The first-order valence-electron chi connectivity index (χ1n) is 4.87. The Hall–Kier alpha value is -1.62. The van der Waals surface area contributed by atoms with Crippen LogP contribution < -0.4 is 11.3 Å². The number of hydrogen-bond acceptors (Lipinski definition) is 4. The number of carbonyl (C=O) groups is 1. The summed E-state index contributed by atoms with van der Waals surface area (Å²) >= 11 is 0. The molecule has 82 valence electrons. The minimum Gasteiger partial charge on any atom is -0.340 e. The number of hydrogen-bond donors (Lipinski definition) is 2. The van der Waals surface area contributed by atoms with Crippen molar-refractivity contribution < 1.29 is 4.79 Å². The van der Waals surface area contributed by atoms with Gasteiger partial charge in [-0.3, -0.25) is 15.6 Å². The van der Waals surface area contributed by atoms with Crippen molar-refractivity contribution in [2.45, 2.75) is 13.3 Å². The maximum Gasteiger partial charge on any atom is 0.272 e.